The molecule has 1 saturated heterocycles. The Morgan fingerprint density at radius 3 is 3.12 bits per heavy atom. The maximum atomic E-state index is 12.9. The van der Waals surface area contributed by atoms with Crippen molar-refractivity contribution in [2.75, 3.05) is 23.8 Å². The molecule has 88 valence electrons. The standard InChI is InChI=1S/C11H15FN2S2/c12-10-3-9(4-13-6-10)5-14-7-11-8-15-1-2-16-11/h3-4,6,11,14H,1-2,5,7-8H2. The first-order valence-electron chi connectivity index (χ1n) is 5.34. The van der Waals surface area contributed by atoms with Gasteiger partial charge in [0.25, 0.3) is 0 Å². The monoisotopic (exact) mass is 258 g/mol. The first kappa shape index (κ1) is 12.2. The van der Waals surface area contributed by atoms with Gasteiger partial charge in [-0.2, -0.15) is 23.5 Å². The molecule has 1 N–H and O–H groups in total. The fourth-order valence-corrected chi connectivity index (χ4v) is 4.23. The number of pyridine rings is 1. The minimum Gasteiger partial charge on any atom is -0.311 e. The van der Waals surface area contributed by atoms with Gasteiger partial charge >= 0.3 is 0 Å². The van der Waals surface area contributed by atoms with Gasteiger partial charge in [-0.25, -0.2) is 4.39 Å². The molecule has 16 heavy (non-hydrogen) atoms. The van der Waals surface area contributed by atoms with Crippen molar-refractivity contribution in [3.63, 3.8) is 0 Å². The maximum Gasteiger partial charge on any atom is 0.141 e. The predicted octanol–water partition coefficient (Wildman–Crippen LogP) is 2.16. The highest BCUT2D eigenvalue weighted by molar-refractivity contribution is 8.06. The Morgan fingerprint density at radius 1 is 1.44 bits per heavy atom. The fraction of sp³-hybridized carbons (Fsp3) is 0.545. The van der Waals surface area contributed by atoms with Crippen LogP contribution in [0.2, 0.25) is 0 Å². The largest absolute Gasteiger partial charge is 0.311 e. The molecule has 0 aromatic carbocycles. The van der Waals surface area contributed by atoms with Gasteiger partial charge in [-0.1, -0.05) is 0 Å². The second kappa shape index (κ2) is 6.47. The van der Waals surface area contributed by atoms with Crippen molar-refractivity contribution >= 4 is 23.5 Å². The fourth-order valence-electron chi connectivity index (χ4n) is 1.58. The Bertz CT molecular complexity index is 330. The van der Waals surface area contributed by atoms with Crippen LogP contribution in [0.25, 0.3) is 0 Å². The van der Waals surface area contributed by atoms with E-state index < -0.39 is 0 Å². The number of rotatable bonds is 4. The lowest BCUT2D eigenvalue weighted by Gasteiger charge is -2.21. The van der Waals surface area contributed by atoms with Gasteiger partial charge < -0.3 is 5.32 Å². The van der Waals surface area contributed by atoms with Crippen LogP contribution in [0.15, 0.2) is 18.5 Å². The van der Waals surface area contributed by atoms with Crippen molar-refractivity contribution in [3.05, 3.63) is 29.8 Å². The zero-order chi connectivity index (χ0) is 11.2. The summed E-state index contributed by atoms with van der Waals surface area (Å²) in [5, 5.41) is 4.05. The minimum absolute atomic E-state index is 0.262. The summed E-state index contributed by atoms with van der Waals surface area (Å²) in [6.45, 7) is 1.70. The lowest BCUT2D eigenvalue weighted by atomic mass is 10.3. The predicted molar refractivity (Wildman–Crippen MR) is 69.5 cm³/mol. The average Bonchev–Trinajstić information content (AvgIpc) is 2.30. The van der Waals surface area contributed by atoms with Gasteiger partial charge in [0.2, 0.25) is 0 Å². The third-order valence-corrected chi connectivity index (χ3v) is 5.19. The molecule has 2 heterocycles. The summed E-state index contributed by atoms with van der Waals surface area (Å²) < 4.78 is 12.9. The van der Waals surface area contributed by atoms with Crippen molar-refractivity contribution in [1.29, 1.82) is 0 Å². The molecule has 1 aromatic heterocycles. The highest BCUT2D eigenvalue weighted by Crippen LogP contribution is 2.23. The van der Waals surface area contributed by atoms with Gasteiger partial charge in [-0.05, 0) is 11.6 Å². The molecular weight excluding hydrogens is 243 g/mol. The van der Waals surface area contributed by atoms with Crippen LogP contribution < -0.4 is 5.32 Å². The van der Waals surface area contributed by atoms with Crippen LogP contribution in [0.4, 0.5) is 4.39 Å². The van der Waals surface area contributed by atoms with Crippen LogP contribution in [0, 0.1) is 5.82 Å². The Balaban J connectivity index is 1.71. The number of aromatic nitrogens is 1. The lowest BCUT2D eigenvalue weighted by molar-refractivity contribution is 0.612. The molecule has 1 aliphatic heterocycles. The van der Waals surface area contributed by atoms with Crippen molar-refractivity contribution < 1.29 is 4.39 Å². The molecule has 1 aliphatic rings. The summed E-state index contributed by atoms with van der Waals surface area (Å²) in [6.07, 6.45) is 2.94. The van der Waals surface area contributed by atoms with Crippen LogP contribution >= 0.6 is 23.5 Å². The van der Waals surface area contributed by atoms with Gasteiger partial charge in [0.05, 0.1) is 6.20 Å². The van der Waals surface area contributed by atoms with Gasteiger partial charge in [-0.3, -0.25) is 4.98 Å². The number of thioether (sulfide) groups is 2. The second-order valence-corrected chi connectivity index (χ2v) is 6.27. The molecule has 0 bridgehead atoms. The van der Waals surface area contributed by atoms with Crippen molar-refractivity contribution in [1.82, 2.24) is 10.3 Å². The number of hydrogen-bond donors (Lipinski definition) is 1. The summed E-state index contributed by atoms with van der Waals surface area (Å²) in [7, 11) is 0. The first-order valence-corrected chi connectivity index (χ1v) is 7.54. The molecule has 2 rings (SSSR count). The number of nitrogens with zero attached hydrogens (tertiary/aromatic N) is 1. The SMILES string of the molecule is Fc1cncc(CNCC2CSCCS2)c1. The first-order chi connectivity index (χ1) is 7.84. The van der Waals surface area contributed by atoms with Crippen LogP contribution in [0.3, 0.4) is 0 Å². The molecule has 0 aliphatic carbocycles. The molecule has 0 amide bonds. The van der Waals surface area contributed by atoms with E-state index in [0.717, 1.165) is 12.1 Å². The van der Waals surface area contributed by atoms with E-state index in [9.17, 15) is 4.39 Å². The van der Waals surface area contributed by atoms with Gasteiger partial charge in [-0.15, -0.1) is 0 Å². The Hall–Kier alpha value is -0.260. The Morgan fingerprint density at radius 2 is 2.38 bits per heavy atom. The van der Waals surface area contributed by atoms with E-state index in [4.69, 9.17) is 0 Å². The molecule has 0 saturated carbocycles. The van der Waals surface area contributed by atoms with Crippen LogP contribution in [-0.2, 0) is 6.54 Å². The summed E-state index contributed by atoms with van der Waals surface area (Å²) in [6, 6.07) is 1.53. The third kappa shape index (κ3) is 3.96. The van der Waals surface area contributed by atoms with Crippen LogP contribution in [0.1, 0.15) is 5.56 Å². The van der Waals surface area contributed by atoms with Crippen LogP contribution in [0.5, 0.6) is 0 Å². The summed E-state index contributed by atoms with van der Waals surface area (Å²) in [4.78, 5) is 3.83. The van der Waals surface area contributed by atoms with E-state index in [-0.39, 0.29) is 5.82 Å². The topological polar surface area (TPSA) is 24.9 Å². The van der Waals surface area contributed by atoms with Gasteiger partial charge in [0.1, 0.15) is 5.82 Å². The smallest absolute Gasteiger partial charge is 0.141 e. The summed E-state index contributed by atoms with van der Waals surface area (Å²) >= 11 is 4.05. The zero-order valence-electron chi connectivity index (χ0n) is 8.99. The third-order valence-electron chi connectivity index (χ3n) is 2.35. The molecule has 1 aromatic rings. The van der Waals surface area contributed by atoms with Crippen molar-refractivity contribution in [2.24, 2.45) is 0 Å². The van der Waals surface area contributed by atoms with E-state index in [0.29, 0.717) is 11.8 Å². The highest BCUT2D eigenvalue weighted by atomic mass is 32.2. The van der Waals surface area contributed by atoms with Crippen molar-refractivity contribution in [2.45, 2.75) is 11.8 Å². The quantitative estimate of drug-likeness (QED) is 0.894. The maximum absolute atomic E-state index is 12.9. The summed E-state index contributed by atoms with van der Waals surface area (Å²) in [5.41, 5.74) is 0.911. The molecule has 1 unspecified atom stereocenters. The number of halogens is 1. The zero-order valence-corrected chi connectivity index (χ0v) is 10.6. The van der Waals surface area contributed by atoms with Gasteiger partial charge in [0, 0.05) is 41.8 Å². The van der Waals surface area contributed by atoms with Gasteiger partial charge in [0.15, 0.2) is 0 Å². The van der Waals surface area contributed by atoms with E-state index in [2.05, 4.69) is 10.3 Å². The summed E-state index contributed by atoms with van der Waals surface area (Å²) in [5.74, 6) is 3.48. The van der Waals surface area contributed by atoms with E-state index in [1.807, 2.05) is 23.5 Å². The molecule has 1 atom stereocenters. The minimum atomic E-state index is -0.262. The Kier molecular flexibility index (Phi) is 4.93. The number of hydrogen-bond acceptors (Lipinski definition) is 4. The average molecular weight is 258 g/mol. The molecule has 2 nitrogen and oxygen atoms in total. The molecule has 5 heteroatoms. The van der Waals surface area contributed by atoms with E-state index in [1.54, 1.807) is 6.20 Å². The Labute approximate surface area is 104 Å². The molecule has 0 spiro atoms. The van der Waals surface area contributed by atoms with Crippen LogP contribution in [-0.4, -0.2) is 34.0 Å². The second-order valence-electron chi connectivity index (χ2n) is 3.71. The molecular formula is C11H15FN2S2. The van der Waals surface area contributed by atoms with E-state index in [1.165, 1.54) is 29.5 Å². The highest BCUT2D eigenvalue weighted by Gasteiger charge is 2.13. The molecule has 1 fully saturated rings. The molecule has 0 radical (unpaired) electrons. The normalized spacial score (nSPS) is 20.9. The van der Waals surface area contributed by atoms with Crippen molar-refractivity contribution in [3.8, 4) is 0 Å². The van der Waals surface area contributed by atoms with E-state index >= 15 is 0 Å². The number of nitrogens with one attached hydrogen (secondary N) is 1. The lowest BCUT2D eigenvalue weighted by Crippen LogP contribution is -2.28.